The van der Waals surface area contributed by atoms with Crippen molar-refractivity contribution in [3.05, 3.63) is 35.4 Å². The van der Waals surface area contributed by atoms with Gasteiger partial charge in [-0.1, -0.05) is 6.07 Å². The summed E-state index contributed by atoms with van der Waals surface area (Å²) in [6, 6.07) is 5.25. The first kappa shape index (κ1) is 13.8. The minimum absolute atomic E-state index is 0.280. The Bertz CT molecular complexity index is 480. The molecule has 0 heterocycles. The molecule has 0 aliphatic carbocycles. The molecule has 0 aliphatic heterocycles. The van der Waals surface area contributed by atoms with Crippen molar-refractivity contribution >= 4 is 23.7 Å². The number of benzene rings is 1. The van der Waals surface area contributed by atoms with E-state index in [1.807, 2.05) is 0 Å². The summed E-state index contributed by atoms with van der Waals surface area (Å²) < 4.78 is 4.55. The molecule has 1 aromatic rings. The lowest BCUT2D eigenvalue weighted by atomic mass is 10.0. The second kappa shape index (κ2) is 6.44. The van der Waals surface area contributed by atoms with Crippen molar-refractivity contribution in [3.63, 3.8) is 0 Å². The van der Waals surface area contributed by atoms with Crippen LogP contribution in [0.2, 0.25) is 0 Å². The fraction of sp³-hybridized carbons (Fsp3) is 0.231. The lowest BCUT2D eigenvalue weighted by Gasteiger charge is -2.05. The molecular formula is C13H15NO4. The van der Waals surface area contributed by atoms with Crippen molar-refractivity contribution in [2.24, 2.45) is 0 Å². The highest BCUT2D eigenvalue weighted by atomic mass is 16.5. The molecule has 96 valence electrons. The molecule has 0 saturated carbocycles. The van der Waals surface area contributed by atoms with Crippen LogP contribution >= 0.6 is 0 Å². The lowest BCUT2D eigenvalue weighted by molar-refractivity contribution is -0.140. The number of carbonyl (C=O) groups is 2. The summed E-state index contributed by atoms with van der Waals surface area (Å²) >= 11 is 0. The van der Waals surface area contributed by atoms with Gasteiger partial charge in [0, 0.05) is 18.2 Å². The van der Waals surface area contributed by atoms with Crippen LogP contribution in [0.1, 0.15) is 17.5 Å². The van der Waals surface area contributed by atoms with Crippen molar-refractivity contribution in [1.29, 1.82) is 0 Å². The highest BCUT2D eigenvalue weighted by Gasteiger charge is 2.03. The van der Waals surface area contributed by atoms with Crippen LogP contribution in [0.4, 0.5) is 5.69 Å². The summed E-state index contributed by atoms with van der Waals surface area (Å²) in [5, 5.41) is 8.55. The molecule has 5 nitrogen and oxygen atoms in total. The average molecular weight is 249 g/mol. The zero-order chi connectivity index (χ0) is 13.5. The van der Waals surface area contributed by atoms with E-state index >= 15 is 0 Å². The number of rotatable bonds is 5. The Morgan fingerprint density at radius 2 is 2.17 bits per heavy atom. The number of carbonyl (C=O) groups excluding carboxylic acids is 1. The first-order chi connectivity index (χ1) is 8.52. The van der Waals surface area contributed by atoms with Crippen molar-refractivity contribution in [2.75, 3.05) is 12.8 Å². The molecule has 0 bridgehead atoms. The zero-order valence-electron chi connectivity index (χ0n) is 10.1. The molecule has 0 atom stereocenters. The number of ether oxygens (including phenoxy) is 1. The number of esters is 1. The van der Waals surface area contributed by atoms with Gasteiger partial charge in [0.2, 0.25) is 0 Å². The normalized spacial score (nSPS) is 10.5. The van der Waals surface area contributed by atoms with Gasteiger partial charge >= 0.3 is 11.9 Å². The van der Waals surface area contributed by atoms with Crippen molar-refractivity contribution in [3.8, 4) is 0 Å². The Morgan fingerprint density at radius 3 is 2.78 bits per heavy atom. The van der Waals surface area contributed by atoms with Gasteiger partial charge in [0.15, 0.2) is 0 Å². The lowest BCUT2D eigenvalue weighted by Crippen LogP contribution is -2.02. The van der Waals surface area contributed by atoms with E-state index in [1.165, 1.54) is 13.2 Å². The smallest absolute Gasteiger partial charge is 0.328 e. The van der Waals surface area contributed by atoms with Crippen LogP contribution in [-0.2, 0) is 20.7 Å². The molecular weight excluding hydrogens is 234 g/mol. The minimum atomic E-state index is -1.03. The number of hydrogen-bond acceptors (Lipinski definition) is 4. The van der Waals surface area contributed by atoms with E-state index in [2.05, 4.69) is 4.74 Å². The fourth-order valence-electron chi connectivity index (χ4n) is 1.43. The SMILES string of the molecule is COC(=O)CCc1ccc(N)c(/C=C/C(=O)O)c1. The molecule has 1 aromatic carbocycles. The van der Waals surface area contributed by atoms with Crippen molar-refractivity contribution < 1.29 is 19.4 Å². The van der Waals surface area contributed by atoms with Crippen LogP contribution < -0.4 is 5.73 Å². The molecule has 0 amide bonds. The number of aliphatic carboxylic acids is 1. The summed E-state index contributed by atoms with van der Waals surface area (Å²) in [4.78, 5) is 21.4. The van der Waals surface area contributed by atoms with E-state index in [0.717, 1.165) is 11.6 Å². The third kappa shape index (κ3) is 4.29. The second-order valence-corrected chi connectivity index (χ2v) is 3.71. The molecule has 0 fully saturated rings. The molecule has 3 N–H and O–H groups in total. The van der Waals surface area contributed by atoms with Gasteiger partial charge in [-0.2, -0.15) is 0 Å². The topological polar surface area (TPSA) is 89.6 Å². The average Bonchev–Trinajstić information content (AvgIpc) is 2.35. The standard InChI is InChI=1S/C13H15NO4/c1-18-13(17)7-3-9-2-5-11(14)10(8-9)4-6-12(15)16/h2,4-6,8H,3,7,14H2,1H3,(H,15,16)/b6-4+. The van der Waals surface area contributed by atoms with Crippen LogP contribution in [0, 0.1) is 0 Å². The summed E-state index contributed by atoms with van der Waals surface area (Å²) in [5.41, 5.74) is 7.74. The Morgan fingerprint density at radius 1 is 1.44 bits per heavy atom. The van der Waals surface area contributed by atoms with Gasteiger partial charge < -0.3 is 15.6 Å². The highest BCUT2D eigenvalue weighted by molar-refractivity contribution is 5.86. The van der Waals surface area contributed by atoms with E-state index in [1.54, 1.807) is 18.2 Å². The maximum atomic E-state index is 11.0. The van der Waals surface area contributed by atoms with Gasteiger partial charge in [0.25, 0.3) is 0 Å². The molecule has 5 heteroatoms. The Labute approximate surface area is 105 Å². The molecule has 0 aromatic heterocycles. The van der Waals surface area contributed by atoms with Gasteiger partial charge in [-0.05, 0) is 35.8 Å². The number of anilines is 1. The largest absolute Gasteiger partial charge is 0.478 e. The van der Waals surface area contributed by atoms with Crippen LogP contribution in [0.3, 0.4) is 0 Å². The first-order valence-electron chi connectivity index (χ1n) is 5.39. The maximum absolute atomic E-state index is 11.0. The number of carboxylic acids is 1. The Balaban J connectivity index is 2.80. The van der Waals surface area contributed by atoms with Gasteiger partial charge in [-0.15, -0.1) is 0 Å². The van der Waals surface area contributed by atoms with Crippen LogP contribution in [0.15, 0.2) is 24.3 Å². The molecule has 1 rings (SSSR count). The summed E-state index contributed by atoms with van der Waals surface area (Å²) in [7, 11) is 1.34. The number of aryl methyl sites for hydroxylation is 1. The van der Waals surface area contributed by atoms with E-state index in [9.17, 15) is 9.59 Å². The third-order valence-electron chi connectivity index (χ3n) is 2.40. The summed E-state index contributed by atoms with van der Waals surface area (Å²) in [6.45, 7) is 0. The molecule has 0 radical (unpaired) electrons. The van der Waals surface area contributed by atoms with Gasteiger partial charge in [-0.25, -0.2) is 4.79 Å². The Kier molecular flexibility index (Phi) is 4.92. The number of nitrogen functional groups attached to an aromatic ring is 1. The van der Waals surface area contributed by atoms with Crippen LogP contribution in [0.5, 0.6) is 0 Å². The van der Waals surface area contributed by atoms with E-state index in [4.69, 9.17) is 10.8 Å². The van der Waals surface area contributed by atoms with E-state index in [-0.39, 0.29) is 12.4 Å². The first-order valence-corrected chi connectivity index (χ1v) is 5.39. The number of methoxy groups -OCH3 is 1. The number of nitrogens with two attached hydrogens (primary N) is 1. The summed E-state index contributed by atoms with van der Waals surface area (Å²) in [6.07, 6.45) is 3.26. The minimum Gasteiger partial charge on any atom is -0.478 e. The molecule has 0 unspecified atom stereocenters. The quantitative estimate of drug-likeness (QED) is 0.468. The fourth-order valence-corrected chi connectivity index (χ4v) is 1.43. The van der Waals surface area contributed by atoms with Crippen molar-refractivity contribution in [1.82, 2.24) is 0 Å². The predicted octanol–water partition coefficient (Wildman–Crippen LogP) is 1.47. The maximum Gasteiger partial charge on any atom is 0.328 e. The second-order valence-electron chi connectivity index (χ2n) is 3.71. The Hall–Kier alpha value is -2.30. The van der Waals surface area contributed by atoms with E-state index < -0.39 is 5.97 Å². The van der Waals surface area contributed by atoms with E-state index in [0.29, 0.717) is 17.7 Å². The van der Waals surface area contributed by atoms with Gasteiger partial charge in [-0.3, -0.25) is 4.79 Å². The van der Waals surface area contributed by atoms with Gasteiger partial charge in [0.1, 0.15) is 0 Å². The van der Waals surface area contributed by atoms with Gasteiger partial charge in [0.05, 0.1) is 7.11 Å². The molecule has 0 saturated heterocycles. The monoisotopic (exact) mass is 249 g/mol. The zero-order valence-corrected chi connectivity index (χ0v) is 10.1. The van der Waals surface area contributed by atoms with Crippen molar-refractivity contribution in [2.45, 2.75) is 12.8 Å². The highest BCUT2D eigenvalue weighted by Crippen LogP contribution is 2.17. The third-order valence-corrected chi connectivity index (χ3v) is 2.40. The molecule has 0 spiro atoms. The summed E-state index contributed by atoms with van der Waals surface area (Å²) in [5.74, 6) is -1.32. The molecule has 0 aliphatic rings. The van der Waals surface area contributed by atoms with Crippen LogP contribution in [0.25, 0.3) is 6.08 Å². The number of hydrogen-bond donors (Lipinski definition) is 2. The predicted molar refractivity (Wildman–Crippen MR) is 67.9 cm³/mol. The number of carboxylic acid groups (broad SMARTS) is 1. The molecule has 18 heavy (non-hydrogen) atoms. The van der Waals surface area contributed by atoms with Crippen LogP contribution in [-0.4, -0.2) is 24.2 Å².